The molecule has 0 aliphatic carbocycles. The van der Waals surface area contributed by atoms with Gasteiger partial charge in [0.05, 0.1) is 5.69 Å². The third-order valence-corrected chi connectivity index (χ3v) is 3.77. The van der Waals surface area contributed by atoms with Crippen molar-refractivity contribution < 1.29 is 0 Å². The van der Waals surface area contributed by atoms with Crippen LogP contribution in [0.5, 0.6) is 0 Å². The third-order valence-electron chi connectivity index (χ3n) is 3.77. The Bertz CT molecular complexity index is 696. The number of nitrogens with zero attached hydrogens (tertiary/aromatic N) is 4. The van der Waals surface area contributed by atoms with Gasteiger partial charge in [-0.15, -0.1) is 0 Å². The molecule has 6 heteroatoms. The molecule has 1 saturated heterocycles. The largest absolute Gasteiger partial charge is 0.339 e. The summed E-state index contributed by atoms with van der Waals surface area (Å²) in [5.74, 6) is 0.705. The normalized spacial score (nSPS) is 18.8. The van der Waals surface area contributed by atoms with Gasteiger partial charge >= 0.3 is 0 Å². The van der Waals surface area contributed by atoms with Crippen LogP contribution in [0.3, 0.4) is 0 Å². The van der Waals surface area contributed by atoms with Gasteiger partial charge in [0.15, 0.2) is 0 Å². The minimum atomic E-state index is -0.0324. The lowest BCUT2D eigenvalue weighted by Crippen LogP contribution is -2.43. The van der Waals surface area contributed by atoms with E-state index in [2.05, 4.69) is 14.9 Å². The van der Waals surface area contributed by atoms with Crippen LogP contribution in [0, 0.1) is 0 Å². The van der Waals surface area contributed by atoms with Gasteiger partial charge in [-0.05, 0) is 25.0 Å². The van der Waals surface area contributed by atoms with Crippen molar-refractivity contribution >= 4 is 5.95 Å². The van der Waals surface area contributed by atoms with Crippen molar-refractivity contribution in [2.24, 2.45) is 12.8 Å². The third kappa shape index (κ3) is 2.95. The smallest absolute Gasteiger partial charge is 0.250 e. The first-order valence-electron chi connectivity index (χ1n) is 7.14. The Morgan fingerprint density at radius 2 is 2.19 bits per heavy atom. The molecule has 0 radical (unpaired) electrons. The van der Waals surface area contributed by atoms with E-state index in [1.165, 1.54) is 0 Å². The molecule has 1 aliphatic heterocycles. The molecular weight excluding hydrogens is 266 g/mol. The summed E-state index contributed by atoms with van der Waals surface area (Å²) in [5, 5.41) is 0. The number of anilines is 1. The lowest BCUT2D eigenvalue weighted by molar-refractivity contribution is 0.500. The zero-order valence-electron chi connectivity index (χ0n) is 12.1. The first kappa shape index (κ1) is 13.8. The number of pyridine rings is 1. The molecule has 0 bridgehead atoms. The predicted molar refractivity (Wildman–Crippen MR) is 82.1 cm³/mol. The Kier molecular flexibility index (Phi) is 3.70. The molecule has 2 aromatic rings. The average Bonchev–Trinajstić information content (AvgIpc) is 2.50. The fourth-order valence-corrected chi connectivity index (χ4v) is 2.60. The second-order valence-electron chi connectivity index (χ2n) is 5.46. The Balaban J connectivity index is 1.92. The van der Waals surface area contributed by atoms with Gasteiger partial charge < -0.3 is 15.2 Å². The number of hydrogen-bond donors (Lipinski definition) is 1. The van der Waals surface area contributed by atoms with Crippen LogP contribution >= 0.6 is 0 Å². The summed E-state index contributed by atoms with van der Waals surface area (Å²) in [6, 6.07) is 5.38. The number of nitrogens with two attached hydrogens (primary N) is 1. The Labute approximate surface area is 123 Å². The van der Waals surface area contributed by atoms with E-state index < -0.39 is 0 Å². The molecule has 1 fully saturated rings. The fourth-order valence-electron chi connectivity index (χ4n) is 2.60. The molecule has 1 unspecified atom stereocenters. The molecule has 2 aromatic heterocycles. The number of rotatable bonds is 2. The van der Waals surface area contributed by atoms with Gasteiger partial charge in [0, 0.05) is 50.2 Å². The van der Waals surface area contributed by atoms with Gasteiger partial charge in [0.1, 0.15) is 0 Å². The van der Waals surface area contributed by atoms with Crippen LogP contribution in [0.25, 0.3) is 11.3 Å². The van der Waals surface area contributed by atoms with Crippen LogP contribution < -0.4 is 16.2 Å². The van der Waals surface area contributed by atoms with Crippen molar-refractivity contribution in [1.82, 2.24) is 14.5 Å². The van der Waals surface area contributed by atoms with Crippen LogP contribution in [0.2, 0.25) is 0 Å². The molecule has 0 saturated carbocycles. The number of aryl methyl sites for hydroxylation is 1. The van der Waals surface area contributed by atoms with E-state index in [-0.39, 0.29) is 11.6 Å². The Morgan fingerprint density at radius 1 is 1.33 bits per heavy atom. The Morgan fingerprint density at radius 3 is 2.95 bits per heavy atom. The lowest BCUT2D eigenvalue weighted by atomic mass is 10.1. The highest BCUT2D eigenvalue weighted by atomic mass is 16.1. The van der Waals surface area contributed by atoms with E-state index in [0.29, 0.717) is 5.95 Å². The first-order valence-corrected chi connectivity index (χ1v) is 7.14. The molecule has 21 heavy (non-hydrogen) atoms. The van der Waals surface area contributed by atoms with Crippen LogP contribution in [0.15, 0.2) is 35.4 Å². The Hall–Kier alpha value is -2.21. The molecule has 2 N–H and O–H groups in total. The monoisotopic (exact) mass is 285 g/mol. The van der Waals surface area contributed by atoms with Crippen LogP contribution in [0.1, 0.15) is 12.8 Å². The van der Waals surface area contributed by atoms with Gasteiger partial charge in [-0.3, -0.25) is 4.79 Å². The molecule has 1 atom stereocenters. The van der Waals surface area contributed by atoms with Crippen molar-refractivity contribution in [3.8, 4) is 11.3 Å². The highest BCUT2D eigenvalue weighted by Crippen LogP contribution is 2.20. The second kappa shape index (κ2) is 5.65. The van der Waals surface area contributed by atoms with E-state index in [0.717, 1.165) is 37.2 Å². The van der Waals surface area contributed by atoms with E-state index >= 15 is 0 Å². The van der Waals surface area contributed by atoms with Crippen LogP contribution in [0.4, 0.5) is 5.95 Å². The molecule has 0 spiro atoms. The zero-order chi connectivity index (χ0) is 14.8. The summed E-state index contributed by atoms with van der Waals surface area (Å²) >= 11 is 0. The SMILES string of the molecule is Cn1cc(-c2ccnc(N3CCCC(N)C3)n2)ccc1=O. The van der Waals surface area contributed by atoms with Crippen LogP contribution in [-0.2, 0) is 7.05 Å². The average molecular weight is 285 g/mol. The van der Waals surface area contributed by atoms with Gasteiger partial charge in [-0.1, -0.05) is 0 Å². The molecule has 0 aromatic carbocycles. The van der Waals surface area contributed by atoms with Crippen molar-refractivity contribution in [3.63, 3.8) is 0 Å². The molecule has 1 aliphatic rings. The minimum absolute atomic E-state index is 0.0324. The van der Waals surface area contributed by atoms with Gasteiger partial charge in [-0.25, -0.2) is 9.97 Å². The summed E-state index contributed by atoms with van der Waals surface area (Å²) in [6.45, 7) is 1.72. The maximum atomic E-state index is 11.5. The van der Waals surface area contributed by atoms with E-state index in [1.54, 1.807) is 36.1 Å². The maximum absolute atomic E-state index is 11.5. The summed E-state index contributed by atoms with van der Waals surface area (Å²) in [4.78, 5) is 22.6. The minimum Gasteiger partial charge on any atom is -0.339 e. The standard InChI is InChI=1S/C15H19N5O/c1-19-9-11(4-5-14(19)21)13-6-7-17-15(18-13)20-8-2-3-12(16)10-20/h4-7,9,12H,2-3,8,10,16H2,1H3. The lowest BCUT2D eigenvalue weighted by Gasteiger charge is -2.30. The van der Waals surface area contributed by atoms with Crippen molar-refractivity contribution in [1.29, 1.82) is 0 Å². The molecule has 0 amide bonds. The number of piperidine rings is 1. The van der Waals surface area contributed by atoms with Crippen molar-refractivity contribution in [2.75, 3.05) is 18.0 Å². The topological polar surface area (TPSA) is 77.0 Å². The summed E-state index contributed by atoms with van der Waals surface area (Å²) < 4.78 is 1.55. The quantitative estimate of drug-likeness (QED) is 0.882. The van der Waals surface area contributed by atoms with E-state index in [9.17, 15) is 4.79 Å². The number of hydrogen-bond acceptors (Lipinski definition) is 5. The molecule has 3 rings (SSSR count). The van der Waals surface area contributed by atoms with E-state index in [4.69, 9.17) is 5.73 Å². The second-order valence-corrected chi connectivity index (χ2v) is 5.46. The van der Waals surface area contributed by atoms with Crippen LogP contribution in [-0.4, -0.2) is 33.7 Å². The van der Waals surface area contributed by atoms with Crippen molar-refractivity contribution in [2.45, 2.75) is 18.9 Å². The van der Waals surface area contributed by atoms with Gasteiger partial charge in [0.25, 0.3) is 0 Å². The molecule has 6 nitrogen and oxygen atoms in total. The highest BCUT2D eigenvalue weighted by Gasteiger charge is 2.19. The van der Waals surface area contributed by atoms with Crippen molar-refractivity contribution in [3.05, 3.63) is 40.9 Å². The maximum Gasteiger partial charge on any atom is 0.250 e. The van der Waals surface area contributed by atoms with Gasteiger partial charge in [0.2, 0.25) is 11.5 Å². The zero-order valence-corrected chi connectivity index (χ0v) is 12.1. The fraction of sp³-hybridized carbons (Fsp3) is 0.400. The summed E-state index contributed by atoms with van der Waals surface area (Å²) in [5.41, 5.74) is 7.70. The first-order chi connectivity index (χ1) is 10.1. The summed E-state index contributed by atoms with van der Waals surface area (Å²) in [7, 11) is 1.73. The summed E-state index contributed by atoms with van der Waals surface area (Å²) in [6.07, 6.45) is 5.66. The molecule has 3 heterocycles. The predicted octanol–water partition coefficient (Wildman–Crippen LogP) is 0.770. The highest BCUT2D eigenvalue weighted by molar-refractivity contribution is 5.59. The molecular formula is C15H19N5O. The van der Waals surface area contributed by atoms with Gasteiger partial charge in [-0.2, -0.15) is 0 Å². The molecule has 110 valence electrons. The van der Waals surface area contributed by atoms with E-state index in [1.807, 2.05) is 6.07 Å². The number of aromatic nitrogens is 3.